The monoisotopic (exact) mass is 361 g/mol. The van der Waals surface area contributed by atoms with E-state index in [-0.39, 0.29) is 24.4 Å². The van der Waals surface area contributed by atoms with E-state index in [4.69, 9.17) is 23.8 Å². The van der Waals surface area contributed by atoms with Crippen LogP contribution in [0.3, 0.4) is 0 Å². The summed E-state index contributed by atoms with van der Waals surface area (Å²) in [6.45, 7) is 8.86. The van der Waals surface area contributed by atoms with Crippen LogP contribution in [0, 0.1) is 0 Å². The maximum absolute atomic E-state index is 6.26. The molecule has 3 heterocycles. The van der Waals surface area contributed by atoms with Crippen molar-refractivity contribution in [3.63, 3.8) is 0 Å². The molecule has 0 aliphatic carbocycles. The number of hydroxylamine groups is 2. The zero-order valence-electron chi connectivity index (χ0n) is 15.8. The van der Waals surface area contributed by atoms with Gasteiger partial charge in [-0.05, 0) is 39.3 Å². The topological polar surface area (TPSA) is 49.4 Å². The molecule has 0 spiro atoms. The molecule has 0 amide bonds. The summed E-state index contributed by atoms with van der Waals surface area (Å²) in [6.07, 6.45) is 3.11. The number of hydrogen-bond donors (Lipinski definition) is 0. The summed E-state index contributed by atoms with van der Waals surface area (Å²) in [4.78, 5) is 5.75. The second kappa shape index (κ2) is 6.62. The van der Waals surface area contributed by atoms with Gasteiger partial charge in [0.2, 0.25) is 0 Å². The fraction of sp³-hybridized carbons (Fsp3) is 0.600. The number of nitrogens with zero attached hydrogens (tertiary/aromatic N) is 1. The van der Waals surface area contributed by atoms with Gasteiger partial charge in [0.1, 0.15) is 24.6 Å². The Morgan fingerprint density at radius 2 is 1.69 bits per heavy atom. The van der Waals surface area contributed by atoms with E-state index >= 15 is 0 Å². The van der Waals surface area contributed by atoms with Gasteiger partial charge < -0.3 is 23.8 Å². The first-order valence-corrected chi connectivity index (χ1v) is 9.14. The molecule has 0 saturated carbocycles. The molecule has 0 unspecified atom stereocenters. The molecule has 6 heteroatoms. The van der Waals surface area contributed by atoms with Gasteiger partial charge in [-0.1, -0.05) is 30.3 Å². The van der Waals surface area contributed by atoms with E-state index in [9.17, 15) is 0 Å². The second-order valence-electron chi connectivity index (χ2n) is 7.92. The van der Waals surface area contributed by atoms with Crippen molar-refractivity contribution in [2.45, 2.75) is 70.2 Å². The summed E-state index contributed by atoms with van der Waals surface area (Å²) in [6, 6.07) is 10.2. The molecule has 6 nitrogen and oxygen atoms in total. The fourth-order valence-electron chi connectivity index (χ4n) is 3.79. The van der Waals surface area contributed by atoms with E-state index in [0.717, 1.165) is 0 Å². The lowest BCUT2D eigenvalue weighted by molar-refractivity contribution is -0.177. The van der Waals surface area contributed by atoms with Crippen LogP contribution in [0.25, 0.3) is 0 Å². The van der Waals surface area contributed by atoms with Crippen LogP contribution in [0.1, 0.15) is 33.3 Å². The highest BCUT2D eigenvalue weighted by atomic mass is 16.8. The summed E-state index contributed by atoms with van der Waals surface area (Å²) in [5, 5.41) is 1.93. The molecule has 0 radical (unpaired) electrons. The van der Waals surface area contributed by atoms with E-state index in [0.29, 0.717) is 13.2 Å². The van der Waals surface area contributed by atoms with Gasteiger partial charge in [0.25, 0.3) is 0 Å². The molecule has 142 valence electrons. The van der Waals surface area contributed by atoms with Gasteiger partial charge in [-0.2, -0.15) is 0 Å². The van der Waals surface area contributed by atoms with Gasteiger partial charge in [-0.15, -0.1) is 5.06 Å². The molecule has 3 aliphatic rings. The molecule has 26 heavy (non-hydrogen) atoms. The van der Waals surface area contributed by atoms with Crippen molar-refractivity contribution >= 4 is 0 Å². The Kier molecular flexibility index (Phi) is 4.57. The molecule has 0 bridgehead atoms. The van der Waals surface area contributed by atoms with Gasteiger partial charge in [-0.3, -0.25) is 0 Å². The number of benzene rings is 1. The van der Waals surface area contributed by atoms with Crippen LogP contribution in [0.2, 0.25) is 0 Å². The van der Waals surface area contributed by atoms with E-state index in [2.05, 4.69) is 12.1 Å². The van der Waals surface area contributed by atoms with Crippen LogP contribution >= 0.6 is 0 Å². The summed E-state index contributed by atoms with van der Waals surface area (Å²) in [5.74, 6) is -1.28. The lowest BCUT2D eigenvalue weighted by Gasteiger charge is -2.30. The molecule has 0 aromatic heterocycles. The van der Waals surface area contributed by atoms with Crippen LogP contribution in [-0.2, 0) is 30.3 Å². The van der Waals surface area contributed by atoms with E-state index in [1.54, 1.807) is 6.26 Å². The van der Waals surface area contributed by atoms with Crippen molar-refractivity contribution in [2.75, 3.05) is 6.61 Å². The molecule has 0 N–H and O–H groups in total. The van der Waals surface area contributed by atoms with E-state index in [1.165, 1.54) is 5.56 Å². The predicted octanol–water partition coefficient (Wildman–Crippen LogP) is 2.99. The van der Waals surface area contributed by atoms with Crippen molar-refractivity contribution in [2.24, 2.45) is 0 Å². The zero-order valence-corrected chi connectivity index (χ0v) is 15.8. The molecule has 1 aromatic carbocycles. The smallest absolute Gasteiger partial charge is 0.163 e. The third-order valence-electron chi connectivity index (χ3n) is 4.88. The molecule has 3 aliphatic heterocycles. The zero-order chi connectivity index (χ0) is 18.4. The SMILES string of the molecule is CC1(C)O[C@@H]([C@H]2C=CON2Cc2ccccc2)[C@H]([C@H]2COC(C)(C)O2)O1. The first-order valence-electron chi connectivity index (χ1n) is 9.14. The van der Waals surface area contributed by atoms with Gasteiger partial charge in [0.15, 0.2) is 11.6 Å². The Hall–Kier alpha value is -1.44. The molecule has 4 rings (SSSR count). The number of hydrogen-bond acceptors (Lipinski definition) is 6. The van der Waals surface area contributed by atoms with Gasteiger partial charge in [-0.25, -0.2) is 0 Å². The average molecular weight is 361 g/mol. The van der Waals surface area contributed by atoms with Gasteiger partial charge in [0, 0.05) is 0 Å². The Morgan fingerprint density at radius 1 is 0.962 bits per heavy atom. The van der Waals surface area contributed by atoms with Crippen molar-refractivity contribution < 1.29 is 23.8 Å². The summed E-state index contributed by atoms with van der Waals surface area (Å²) < 4.78 is 24.3. The quantitative estimate of drug-likeness (QED) is 0.822. The Balaban J connectivity index is 1.52. The normalized spacial score (nSPS) is 35.7. The summed E-state index contributed by atoms with van der Waals surface area (Å²) >= 11 is 0. The third kappa shape index (κ3) is 3.66. The molecule has 2 fully saturated rings. The summed E-state index contributed by atoms with van der Waals surface area (Å²) in [5.41, 5.74) is 1.18. The van der Waals surface area contributed by atoms with Crippen molar-refractivity contribution in [3.8, 4) is 0 Å². The lowest BCUT2D eigenvalue weighted by atomic mass is 10.0. The van der Waals surface area contributed by atoms with Crippen LogP contribution < -0.4 is 0 Å². The van der Waals surface area contributed by atoms with Gasteiger partial charge in [0.05, 0.1) is 19.2 Å². The van der Waals surface area contributed by atoms with E-state index < -0.39 is 11.6 Å². The van der Waals surface area contributed by atoms with E-state index in [1.807, 2.05) is 57.0 Å². The minimum atomic E-state index is -0.680. The van der Waals surface area contributed by atoms with Crippen LogP contribution in [-0.4, -0.2) is 47.6 Å². The van der Waals surface area contributed by atoms with Gasteiger partial charge >= 0.3 is 0 Å². The van der Waals surface area contributed by atoms with Crippen molar-refractivity contribution in [1.82, 2.24) is 5.06 Å². The van der Waals surface area contributed by atoms with Crippen molar-refractivity contribution in [1.29, 1.82) is 0 Å². The molecule has 4 atom stereocenters. The minimum Gasteiger partial charge on any atom is -0.413 e. The third-order valence-corrected chi connectivity index (χ3v) is 4.88. The largest absolute Gasteiger partial charge is 0.413 e. The Bertz CT molecular complexity index is 659. The summed E-state index contributed by atoms with van der Waals surface area (Å²) in [7, 11) is 0. The Labute approximate surface area is 154 Å². The molecular weight excluding hydrogens is 334 g/mol. The Morgan fingerprint density at radius 3 is 2.38 bits per heavy atom. The lowest BCUT2D eigenvalue weighted by Crippen LogP contribution is -2.48. The predicted molar refractivity (Wildman–Crippen MR) is 94.7 cm³/mol. The van der Waals surface area contributed by atoms with Crippen LogP contribution in [0.15, 0.2) is 42.7 Å². The highest BCUT2D eigenvalue weighted by Gasteiger charge is 2.53. The van der Waals surface area contributed by atoms with Crippen molar-refractivity contribution in [3.05, 3.63) is 48.2 Å². The standard InChI is InChI=1S/C20H27NO5/c1-19(2)22-13-16(24-19)18-17(25-20(3,4)26-18)15-10-11-23-21(15)12-14-8-6-5-7-9-14/h5-11,15-18H,12-13H2,1-4H3/t15-,16-,17+,18+/m1/s1. The molecule has 2 saturated heterocycles. The highest BCUT2D eigenvalue weighted by molar-refractivity contribution is 5.16. The first kappa shape index (κ1) is 17.9. The molecule has 1 aromatic rings. The maximum Gasteiger partial charge on any atom is 0.163 e. The molecular formula is C20H27NO5. The minimum absolute atomic E-state index is 0.0608. The highest BCUT2D eigenvalue weighted by Crippen LogP contribution is 2.39. The number of rotatable bonds is 4. The van der Waals surface area contributed by atoms with Crippen LogP contribution in [0.5, 0.6) is 0 Å². The first-order chi connectivity index (χ1) is 12.3. The number of ether oxygens (including phenoxy) is 4. The second-order valence-corrected chi connectivity index (χ2v) is 7.92. The maximum atomic E-state index is 6.26. The van der Waals surface area contributed by atoms with Crippen LogP contribution in [0.4, 0.5) is 0 Å². The average Bonchev–Trinajstić information content (AvgIpc) is 3.25. The fourth-order valence-corrected chi connectivity index (χ4v) is 3.79.